The Balaban J connectivity index is 1.43. The molecule has 144 valence electrons. The molecule has 0 bridgehead atoms. The van der Waals surface area contributed by atoms with Gasteiger partial charge in [0.15, 0.2) is 6.10 Å². The first-order valence-electron chi connectivity index (χ1n) is 9.79. The van der Waals surface area contributed by atoms with Crippen molar-refractivity contribution in [3.05, 3.63) is 35.2 Å². The van der Waals surface area contributed by atoms with Gasteiger partial charge in [-0.25, -0.2) is 0 Å². The summed E-state index contributed by atoms with van der Waals surface area (Å²) < 4.78 is 6.86. The van der Waals surface area contributed by atoms with Gasteiger partial charge in [-0.3, -0.25) is 9.59 Å². The monoisotopic (exact) mass is 386 g/mol. The van der Waals surface area contributed by atoms with Crippen molar-refractivity contribution in [2.75, 3.05) is 26.7 Å². The second kappa shape index (κ2) is 7.98. The molecule has 1 aromatic heterocycles. The molecule has 0 spiro atoms. The first kappa shape index (κ1) is 18.4. The highest BCUT2D eigenvalue weighted by atomic mass is 32.1. The second-order valence-corrected chi connectivity index (χ2v) is 8.58. The van der Waals surface area contributed by atoms with Gasteiger partial charge in [0.2, 0.25) is 0 Å². The van der Waals surface area contributed by atoms with Gasteiger partial charge < -0.3 is 14.5 Å². The topological polar surface area (TPSA) is 49.9 Å². The van der Waals surface area contributed by atoms with Gasteiger partial charge in [-0.05, 0) is 30.4 Å². The predicted molar refractivity (Wildman–Crippen MR) is 107 cm³/mol. The van der Waals surface area contributed by atoms with Crippen LogP contribution in [0.4, 0.5) is 0 Å². The molecule has 1 saturated heterocycles. The smallest absolute Gasteiger partial charge is 0.264 e. The minimum Gasteiger partial charge on any atom is -0.365 e. The number of morpholine rings is 1. The summed E-state index contributed by atoms with van der Waals surface area (Å²) in [7, 11) is 1.88. The molecule has 2 heterocycles. The number of benzene rings is 1. The summed E-state index contributed by atoms with van der Waals surface area (Å²) in [5, 5.41) is 1.09. The average Bonchev–Trinajstić information content (AvgIpc) is 3.17. The van der Waals surface area contributed by atoms with E-state index in [1.165, 1.54) is 30.6 Å². The number of nitrogens with zero attached hydrogens (tertiary/aromatic N) is 2. The Morgan fingerprint density at radius 2 is 1.96 bits per heavy atom. The van der Waals surface area contributed by atoms with Crippen LogP contribution in [-0.4, -0.2) is 60.5 Å². The first-order valence-corrected chi connectivity index (χ1v) is 10.6. The number of likely N-dealkylation sites (N-methyl/N-ethyl adjacent to an activating group) is 1. The van der Waals surface area contributed by atoms with Crippen LogP contribution in [0.2, 0.25) is 0 Å². The molecular formula is C21H26N2O3S. The average molecular weight is 387 g/mol. The molecule has 5 nitrogen and oxygen atoms in total. The van der Waals surface area contributed by atoms with E-state index in [9.17, 15) is 9.59 Å². The first-order chi connectivity index (χ1) is 13.1. The Morgan fingerprint density at radius 1 is 1.19 bits per heavy atom. The fourth-order valence-electron chi connectivity index (χ4n) is 4.10. The van der Waals surface area contributed by atoms with Gasteiger partial charge in [-0.2, -0.15) is 0 Å². The van der Waals surface area contributed by atoms with Gasteiger partial charge >= 0.3 is 0 Å². The van der Waals surface area contributed by atoms with Crippen molar-refractivity contribution >= 4 is 33.2 Å². The number of rotatable bonds is 3. The minimum absolute atomic E-state index is 0.00220. The molecule has 1 atom stereocenters. The molecule has 1 aliphatic heterocycles. The molecule has 27 heavy (non-hydrogen) atoms. The number of hydrogen-bond acceptors (Lipinski definition) is 4. The molecule has 1 aromatic carbocycles. The van der Waals surface area contributed by atoms with Crippen LogP contribution < -0.4 is 0 Å². The molecule has 0 radical (unpaired) electrons. The summed E-state index contributed by atoms with van der Waals surface area (Å²) in [6.45, 7) is 1.28. The number of thiophene rings is 1. The number of hydrogen-bond donors (Lipinski definition) is 0. The third-order valence-electron chi connectivity index (χ3n) is 5.74. The van der Waals surface area contributed by atoms with Crippen molar-refractivity contribution < 1.29 is 14.3 Å². The van der Waals surface area contributed by atoms with Crippen LogP contribution in [0, 0.1) is 0 Å². The molecule has 1 saturated carbocycles. The van der Waals surface area contributed by atoms with Crippen LogP contribution in [0.1, 0.15) is 41.8 Å². The Hall–Kier alpha value is -1.92. The maximum atomic E-state index is 13.0. The summed E-state index contributed by atoms with van der Waals surface area (Å²) in [5.74, 6) is 0.00774. The van der Waals surface area contributed by atoms with Crippen molar-refractivity contribution in [1.29, 1.82) is 0 Å². The van der Waals surface area contributed by atoms with Crippen LogP contribution in [0.3, 0.4) is 0 Å². The van der Waals surface area contributed by atoms with E-state index >= 15 is 0 Å². The zero-order valence-electron chi connectivity index (χ0n) is 15.7. The molecule has 4 rings (SSSR count). The molecule has 6 heteroatoms. The molecule has 2 aliphatic rings. The van der Waals surface area contributed by atoms with Crippen LogP contribution in [0.5, 0.6) is 0 Å². The predicted octanol–water partition coefficient (Wildman–Crippen LogP) is 3.53. The number of fused-ring (bicyclic) bond motifs is 1. The summed E-state index contributed by atoms with van der Waals surface area (Å²) in [6, 6.07) is 10.3. The van der Waals surface area contributed by atoms with E-state index in [0.717, 1.165) is 27.8 Å². The number of carbonyl (C=O) groups is 2. The number of carbonyl (C=O) groups excluding carboxylic acids is 2. The third-order valence-corrected chi connectivity index (χ3v) is 6.84. The lowest BCUT2D eigenvalue weighted by Gasteiger charge is -2.37. The Bertz CT molecular complexity index is 795. The lowest BCUT2D eigenvalue weighted by atomic mass is 9.94. The summed E-state index contributed by atoms with van der Waals surface area (Å²) in [4.78, 5) is 30.2. The third kappa shape index (κ3) is 3.87. The highest BCUT2D eigenvalue weighted by molar-refractivity contribution is 7.20. The lowest BCUT2D eigenvalue weighted by molar-refractivity contribution is -0.149. The normalized spacial score (nSPS) is 21.4. The SMILES string of the molecule is CN(C(=O)C1CN(C(=O)c2cc3ccccc3s2)CCO1)C1CCCCC1. The van der Waals surface area contributed by atoms with Gasteiger partial charge in [-0.15, -0.1) is 11.3 Å². The van der Waals surface area contributed by atoms with E-state index in [4.69, 9.17) is 4.74 Å². The van der Waals surface area contributed by atoms with Crippen molar-refractivity contribution in [3.63, 3.8) is 0 Å². The molecule has 1 unspecified atom stereocenters. The summed E-state index contributed by atoms with van der Waals surface area (Å²) in [6.07, 6.45) is 5.22. The van der Waals surface area contributed by atoms with E-state index in [1.54, 1.807) is 4.90 Å². The van der Waals surface area contributed by atoms with Crippen molar-refractivity contribution in [2.24, 2.45) is 0 Å². The van der Waals surface area contributed by atoms with Crippen LogP contribution in [-0.2, 0) is 9.53 Å². The van der Waals surface area contributed by atoms with Crippen molar-refractivity contribution in [3.8, 4) is 0 Å². The van der Waals surface area contributed by atoms with Gasteiger partial charge in [0, 0.05) is 24.3 Å². The zero-order valence-corrected chi connectivity index (χ0v) is 16.5. The summed E-state index contributed by atoms with van der Waals surface area (Å²) in [5.41, 5.74) is 0. The summed E-state index contributed by atoms with van der Waals surface area (Å²) >= 11 is 1.51. The van der Waals surface area contributed by atoms with Crippen molar-refractivity contribution in [1.82, 2.24) is 9.80 Å². The number of ether oxygens (including phenoxy) is 1. The maximum Gasteiger partial charge on any atom is 0.264 e. The fraction of sp³-hybridized carbons (Fsp3) is 0.524. The Morgan fingerprint density at radius 3 is 2.74 bits per heavy atom. The fourth-order valence-corrected chi connectivity index (χ4v) is 5.13. The standard InChI is InChI=1S/C21H26N2O3S/c1-22(16-8-3-2-4-9-16)20(24)17-14-23(11-12-26-17)21(25)19-13-15-7-5-6-10-18(15)27-19/h5-7,10,13,16-17H,2-4,8-9,11-12,14H2,1H3. The molecule has 0 N–H and O–H groups in total. The second-order valence-electron chi connectivity index (χ2n) is 7.50. The van der Waals surface area contributed by atoms with E-state index in [-0.39, 0.29) is 11.8 Å². The largest absolute Gasteiger partial charge is 0.365 e. The maximum absolute atomic E-state index is 13.0. The van der Waals surface area contributed by atoms with Gasteiger partial charge in [0.1, 0.15) is 0 Å². The van der Waals surface area contributed by atoms with Gasteiger partial charge in [-0.1, -0.05) is 37.5 Å². The van der Waals surface area contributed by atoms with E-state index in [0.29, 0.717) is 25.7 Å². The quantitative estimate of drug-likeness (QED) is 0.811. The van der Waals surface area contributed by atoms with E-state index < -0.39 is 6.10 Å². The molecule has 2 aromatic rings. The van der Waals surface area contributed by atoms with Crippen LogP contribution >= 0.6 is 11.3 Å². The van der Waals surface area contributed by atoms with E-state index in [1.807, 2.05) is 42.3 Å². The Kier molecular flexibility index (Phi) is 5.45. The van der Waals surface area contributed by atoms with E-state index in [2.05, 4.69) is 0 Å². The van der Waals surface area contributed by atoms with Crippen LogP contribution in [0.15, 0.2) is 30.3 Å². The van der Waals surface area contributed by atoms with Gasteiger partial charge in [0.25, 0.3) is 11.8 Å². The minimum atomic E-state index is -0.552. The van der Waals surface area contributed by atoms with Gasteiger partial charge in [0.05, 0.1) is 18.0 Å². The molecule has 2 amide bonds. The molecular weight excluding hydrogens is 360 g/mol. The lowest BCUT2D eigenvalue weighted by Crippen LogP contribution is -2.53. The molecule has 1 aliphatic carbocycles. The number of amides is 2. The highest BCUT2D eigenvalue weighted by Crippen LogP contribution is 2.27. The molecule has 2 fully saturated rings. The van der Waals surface area contributed by atoms with Crippen LogP contribution in [0.25, 0.3) is 10.1 Å². The van der Waals surface area contributed by atoms with Crippen molar-refractivity contribution in [2.45, 2.75) is 44.2 Å². The Labute approximate surface area is 163 Å². The zero-order chi connectivity index (χ0) is 18.8. The highest BCUT2D eigenvalue weighted by Gasteiger charge is 2.34.